The number of aliphatic hydroxyl groups excluding tert-OH is 1. The fourth-order valence-corrected chi connectivity index (χ4v) is 2.33. The fourth-order valence-electron chi connectivity index (χ4n) is 0.937. The van der Waals surface area contributed by atoms with Crippen LogP contribution in [0.3, 0.4) is 0 Å². The number of pyridine rings is 1. The van der Waals surface area contributed by atoms with Gasteiger partial charge < -0.3 is 10.8 Å². The van der Waals surface area contributed by atoms with E-state index in [2.05, 4.69) is 4.98 Å². The molecule has 0 aliphatic carbocycles. The molecule has 0 amide bonds. The molecule has 0 aromatic carbocycles. The second kappa shape index (κ2) is 5.70. The molecule has 0 aliphatic heterocycles. The number of rotatable bonds is 5. The van der Waals surface area contributed by atoms with E-state index in [0.717, 1.165) is 17.2 Å². The van der Waals surface area contributed by atoms with E-state index in [0.29, 0.717) is 5.02 Å². The number of nitrogens with zero attached hydrogens (tertiary/aromatic N) is 1. The van der Waals surface area contributed by atoms with Gasteiger partial charge in [0.25, 0.3) is 0 Å². The summed E-state index contributed by atoms with van der Waals surface area (Å²) in [6.07, 6.45) is 2.43. The standard InChI is InChI=1S/C10H15ClN2OS/c1-10(12,7-14)4-6-15-9-8(11)3-2-5-13-9/h2-3,5,14H,4,6-7,12H2,1H3. The van der Waals surface area contributed by atoms with E-state index in [9.17, 15) is 0 Å². The van der Waals surface area contributed by atoms with Crippen molar-refractivity contribution in [3.8, 4) is 0 Å². The average Bonchev–Trinajstić information content (AvgIpc) is 2.21. The van der Waals surface area contributed by atoms with Crippen molar-refractivity contribution < 1.29 is 5.11 Å². The van der Waals surface area contributed by atoms with Crippen molar-refractivity contribution in [2.24, 2.45) is 5.73 Å². The van der Waals surface area contributed by atoms with Gasteiger partial charge in [-0.2, -0.15) is 0 Å². The molecule has 5 heteroatoms. The Bertz CT molecular complexity index is 320. The van der Waals surface area contributed by atoms with Gasteiger partial charge >= 0.3 is 0 Å². The molecule has 1 unspecified atom stereocenters. The Hall–Kier alpha value is -0.290. The lowest BCUT2D eigenvalue weighted by Gasteiger charge is -2.20. The van der Waals surface area contributed by atoms with E-state index in [4.69, 9.17) is 22.4 Å². The molecule has 1 rings (SSSR count). The van der Waals surface area contributed by atoms with Crippen molar-refractivity contribution in [3.05, 3.63) is 23.4 Å². The maximum atomic E-state index is 8.97. The zero-order chi connectivity index (χ0) is 11.3. The van der Waals surface area contributed by atoms with E-state index in [-0.39, 0.29) is 6.61 Å². The van der Waals surface area contributed by atoms with E-state index in [1.807, 2.05) is 13.0 Å². The van der Waals surface area contributed by atoms with Crippen LogP contribution in [0, 0.1) is 0 Å². The van der Waals surface area contributed by atoms with Crippen LogP contribution in [0.4, 0.5) is 0 Å². The van der Waals surface area contributed by atoms with Gasteiger partial charge in [-0.3, -0.25) is 0 Å². The summed E-state index contributed by atoms with van der Waals surface area (Å²) in [5.41, 5.74) is 5.28. The fraction of sp³-hybridized carbons (Fsp3) is 0.500. The number of nitrogens with two attached hydrogens (primary N) is 1. The third kappa shape index (κ3) is 4.38. The van der Waals surface area contributed by atoms with Crippen LogP contribution < -0.4 is 5.73 Å². The van der Waals surface area contributed by atoms with Gasteiger partial charge in [0.15, 0.2) is 0 Å². The number of hydrogen-bond acceptors (Lipinski definition) is 4. The highest BCUT2D eigenvalue weighted by Gasteiger charge is 2.16. The number of thioether (sulfide) groups is 1. The molecule has 0 saturated carbocycles. The molecule has 0 aliphatic rings. The van der Waals surface area contributed by atoms with E-state index < -0.39 is 5.54 Å². The summed E-state index contributed by atoms with van der Waals surface area (Å²) < 4.78 is 0. The monoisotopic (exact) mass is 246 g/mol. The summed E-state index contributed by atoms with van der Waals surface area (Å²) in [6, 6.07) is 3.61. The van der Waals surface area contributed by atoms with Gasteiger partial charge in [0.05, 0.1) is 11.6 Å². The first-order valence-electron chi connectivity index (χ1n) is 4.68. The molecule has 0 radical (unpaired) electrons. The highest BCUT2D eigenvalue weighted by atomic mass is 35.5. The summed E-state index contributed by atoms with van der Waals surface area (Å²) >= 11 is 7.50. The molecular weight excluding hydrogens is 232 g/mol. The Morgan fingerprint density at radius 1 is 1.67 bits per heavy atom. The predicted octanol–water partition coefficient (Wildman–Crippen LogP) is 1.93. The third-order valence-corrected chi connectivity index (χ3v) is 3.42. The lowest BCUT2D eigenvalue weighted by molar-refractivity contribution is 0.206. The maximum Gasteiger partial charge on any atom is 0.115 e. The third-order valence-electron chi connectivity index (χ3n) is 2.00. The Morgan fingerprint density at radius 2 is 2.40 bits per heavy atom. The van der Waals surface area contributed by atoms with Crippen LogP contribution in [-0.4, -0.2) is 28.0 Å². The van der Waals surface area contributed by atoms with E-state index in [1.165, 1.54) is 0 Å². The second-order valence-electron chi connectivity index (χ2n) is 3.70. The summed E-state index contributed by atoms with van der Waals surface area (Å²) in [4.78, 5) is 4.15. The van der Waals surface area contributed by atoms with E-state index in [1.54, 1.807) is 24.0 Å². The van der Waals surface area contributed by atoms with Gasteiger partial charge in [-0.1, -0.05) is 11.6 Å². The molecule has 0 fully saturated rings. The zero-order valence-corrected chi connectivity index (χ0v) is 10.2. The summed E-state index contributed by atoms with van der Waals surface area (Å²) in [7, 11) is 0. The SMILES string of the molecule is CC(N)(CO)CCSc1ncccc1Cl. The Kier molecular flexibility index (Phi) is 4.86. The van der Waals surface area contributed by atoms with Crippen molar-refractivity contribution in [3.63, 3.8) is 0 Å². The summed E-state index contributed by atoms with van der Waals surface area (Å²) in [6.45, 7) is 1.82. The van der Waals surface area contributed by atoms with Crippen molar-refractivity contribution in [1.29, 1.82) is 0 Å². The van der Waals surface area contributed by atoms with Gasteiger partial charge in [0.1, 0.15) is 5.03 Å². The molecule has 0 bridgehead atoms. The molecule has 15 heavy (non-hydrogen) atoms. The highest BCUT2D eigenvalue weighted by molar-refractivity contribution is 7.99. The molecule has 0 saturated heterocycles. The highest BCUT2D eigenvalue weighted by Crippen LogP contribution is 2.25. The largest absolute Gasteiger partial charge is 0.394 e. The predicted molar refractivity (Wildman–Crippen MR) is 64.3 cm³/mol. The summed E-state index contributed by atoms with van der Waals surface area (Å²) in [5, 5.41) is 10.4. The lowest BCUT2D eigenvalue weighted by atomic mass is 10.0. The van der Waals surface area contributed by atoms with Crippen LogP contribution in [0.1, 0.15) is 13.3 Å². The molecule has 1 atom stereocenters. The number of halogens is 1. The van der Waals surface area contributed by atoms with Crippen molar-refractivity contribution in [2.45, 2.75) is 23.9 Å². The minimum Gasteiger partial charge on any atom is -0.394 e. The molecular formula is C10H15ClN2OS. The van der Waals surface area contributed by atoms with Crippen LogP contribution in [0.5, 0.6) is 0 Å². The van der Waals surface area contributed by atoms with Crippen LogP contribution in [0.2, 0.25) is 5.02 Å². The molecule has 3 nitrogen and oxygen atoms in total. The maximum absolute atomic E-state index is 8.97. The van der Waals surface area contributed by atoms with Crippen LogP contribution in [-0.2, 0) is 0 Å². The smallest absolute Gasteiger partial charge is 0.115 e. The number of hydrogen-bond donors (Lipinski definition) is 2. The normalized spacial score (nSPS) is 14.9. The van der Waals surface area contributed by atoms with E-state index >= 15 is 0 Å². The van der Waals surface area contributed by atoms with Gasteiger partial charge in [0, 0.05) is 17.5 Å². The van der Waals surface area contributed by atoms with Gasteiger partial charge in [-0.15, -0.1) is 11.8 Å². The first-order chi connectivity index (χ1) is 7.05. The van der Waals surface area contributed by atoms with Crippen LogP contribution >= 0.6 is 23.4 Å². The average molecular weight is 247 g/mol. The van der Waals surface area contributed by atoms with Crippen LogP contribution in [0.15, 0.2) is 23.4 Å². The van der Waals surface area contributed by atoms with Crippen molar-refractivity contribution >= 4 is 23.4 Å². The molecule has 1 heterocycles. The Labute approximate surface area is 99.0 Å². The topological polar surface area (TPSA) is 59.1 Å². The van der Waals surface area contributed by atoms with Gasteiger partial charge in [0.2, 0.25) is 0 Å². The van der Waals surface area contributed by atoms with Gasteiger partial charge in [-0.25, -0.2) is 4.98 Å². The van der Waals surface area contributed by atoms with Gasteiger partial charge in [-0.05, 0) is 25.5 Å². The molecule has 1 aromatic rings. The minimum atomic E-state index is -0.520. The second-order valence-corrected chi connectivity index (χ2v) is 5.19. The Morgan fingerprint density at radius 3 is 3.00 bits per heavy atom. The van der Waals surface area contributed by atoms with Crippen molar-refractivity contribution in [1.82, 2.24) is 4.98 Å². The van der Waals surface area contributed by atoms with Crippen molar-refractivity contribution in [2.75, 3.05) is 12.4 Å². The first-order valence-corrected chi connectivity index (χ1v) is 6.04. The zero-order valence-electron chi connectivity index (χ0n) is 8.61. The first kappa shape index (κ1) is 12.8. The Balaban J connectivity index is 2.42. The molecule has 3 N–H and O–H groups in total. The molecule has 1 aromatic heterocycles. The minimum absolute atomic E-state index is 0.0104. The molecule has 84 valence electrons. The van der Waals surface area contributed by atoms with Crippen LogP contribution in [0.25, 0.3) is 0 Å². The summed E-state index contributed by atoms with van der Waals surface area (Å²) in [5.74, 6) is 0.796. The molecule has 0 spiro atoms. The lowest BCUT2D eigenvalue weighted by Crippen LogP contribution is -2.40. The quantitative estimate of drug-likeness (QED) is 0.780. The number of aromatic nitrogens is 1. The number of aliphatic hydroxyl groups is 1.